The quantitative estimate of drug-likeness (QED) is 0.569. The third-order valence-corrected chi connectivity index (χ3v) is 5.36. The predicted molar refractivity (Wildman–Crippen MR) is 122 cm³/mol. The number of nitrogen functional groups attached to an aromatic ring is 1. The number of nitrogens with zero attached hydrogens (tertiary/aromatic N) is 4. The summed E-state index contributed by atoms with van der Waals surface area (Å²) in [6, 6.07) is 5.57. The third kappa shape index (κ3) is 4.38. The lowest BCUT2D eigenvalue weighted by molar-refractivity contribution is 0.506. The van der Waals surface area contributed by atoms with Crippen molar-refractivity contribution in [3.8, 4) is 0 Å². The standard InChI is InChI=1S/C21H29ClN6O2/c1-5-6-9-27(12-17-24-15-10-14(22)7-8-16(15)26(17)4)18-19(23)28(11-13(2)3)21(30)25-20(18)29/h7-8,10,13H,5-6,9,11-12,23H2,1-4H3,(H,25,29,30). The maximum atomic E-state index is 12.8. The molecule has 0 aliphatic rings. The van der Waals surface area contributed by atoms with Gasteiger partial charge in [-0.05, 0) is 30.5 Å². The minimum atomic E-state index is -0.484. The Kier molecular flexibility index (Phi) is 6.55. The second kappa shape index (κ2) is 8.95. The van der Waals surface area contributed by atoms with Gasteiger partial charge in [-0.15, -0.1) is 0 Å². The van der Waals surface area contributed by atoms with Crippen LogP contribution in [-0.2, 0) is 20.1 Å². The van der Waals surface area contributed by atoms with Crippen LogP contribution in [0.15, 0.2) is 27.8 Å². The maximum absolute atomic E-state index is 12.8. The van der Waals surface area contributed by atoms with E-state index in [1.54, 1.807) is 0 Å². The van der Waals surface area contributed by atoms with Crippen molar-refractivity contribution in [1.29, 1.82) is 0 Å². The van der Waals surface area contributed by atoms with Gasteiger partial charge in [0.05, 0.1) is 17.6 Å². The van der Waals surface area contributed by atoms with Crippen LogP contribution in [0.25, 0.3) is 11.0 Å². The van der Waals surface area contributed by atoms with E-state index in [0.29, 0.717) is 30.3 Å². The molecular formula is C21H29ClN6O2. The molecule has 8 nitrogen and oxygen atoms in total. The van der Waals surface area contributed by atoms with E-state index in [4.69, 9.17) is 22.3 Å². The van der Waals surface area contributed by atoms with E-state index >= 15 is 0 Å². The topological polar surface area (TPSA) is 102 Å². The summed E-state index contributed by atoms with van der Waals surface area (Å²) >= 11 is 6.11. The fourth-order valence-electron chi connectivity index (χ4n) is 3.58. The van der Waals surface area contributed by atoms with Crippen molar-refractivity contribution in [2.24, 2.45) is 13.0 Å². The highest BCUT2D eigenvalue weighted by molar-refractivity contribution is 6.31. The summed E-state index contributed by atoms with van der Waals surface area (Å²) in [6.45, 7) is 7.51. The lowest BCUT2D eigenvalue weighted by Gasteiger charge is -2.26. The van der Waals surface area contributed by atoms with Crippen LogP contribution in [-0.4, -0.2) is 25.6 Å². The van der Waals surface area contributed by atoms with E-state index in [0.717, 1.165) is 29.7 Å². The Morgan fingerprint density at radius 1 is 1.30 bits per heavy atom. The number of fused-ring (bicyclic) bond motifs is 1. The molecule has 30 heavy (non-hydrogen) atoms. The molecule has 0 saturated carbocycles. The minimum absolute atomic E-state index is 0.190. The van der Waals surface area contributed by atoms with Crippen molar-refractivity contribution in [3.63, 3.8) is 0 Å². The number of aryl methyl sites for hydroxylation is 1. The zero-order chi connectivity index (χ0) is 22.0. The molecule has 0 saturated heterocycles. The number of hydrogen-bond donors (Lipinski definition) is 2. The second-order valence-corrected chi connectivity index (χ2v) is 8.43. The number of nitrogens with one attached hydrogen (secondary N) is 1. The monoisotopic (exact) mass is 432 g/mol. The van der Waals surface area contributed by atoms with E-state index in [1.165, 1.54) is 4.57 Å². The summed E-state index contributed by atoms with van der Waals surface area (Å²) in [4.78, 5) is 34.1. The molecule has 0 radical (unpaired) electrons. The van der Waals surface area contributed by atoms with Gasteiger partial charge in [0.2, 0.25) is 0 Å². The van der Waals surface area contributed by atoms with Gasteiger partial charge in [-0.25, -0.2) is 9.78 Å². The zero-order valence-corrected chi connectivity index (χ0v) is 18.7. The number of aromatic amines is 1. The number of benzene rings is 1. The number of imidazole rings is 1. The second-order valence-electron chi connectivity index (χ2n) is 7.99. The van der Waals surface area contributed by atoms with E-state index in [9.17, 15) is 9.59 Å². The first-order valence-electron chi connectivity index (χ1n) is 10.2. The number of unbranched alkanes of at least 4 members (excludes halogenated alkanes) is 1. The van der Waals surface area contributed by atoms with Gasteiger partial charge < -0.3 is 15.2 Å². The first-order chi connectivity index (χ1) is 14.2. The Bertz CT molecular complexity index is 1160. The number of anilines is 2. The maximum Gasteiger partial charge on any atom is 0.330 e. The Balaban J connectivity index is 2.09. The Labute approximate surface area is 180 Å². The smallest absolute Gasteiger partial charge is 0.330 e. The van der Waals surface area contributed by atoms with Gasteiger partial charge >= 0.3 is 5.69 Å². The molecule has 1 aromatic carbocycles. The summed E-state index contributed by atoms with van der Waals surface area (Å²) < 4.78 is 3.42. The molecule has 2 aromatic heterocycles. The van der Waals surface area contributed by atoms with Crippen LogP contribution in [0.1, 0.15) is 39.4 Å². The average molecular weight is 433 g/mol. The molecule has 162 valence electrons. The molecular weight excluding hydrogens is 404 g/mol. The molecule has 0 aliphatic carbocycles. The van der Waals surface area contributed by atoms with Gasteiger partial charge in [-0.3, -0.25) is 14.3 Å². The van der Waals surface area contributed by atoms with Crippen molar-refractivity contribution in [3.05, 3.63) is 49.9 Å². The van der Waals surface area contributed by atoms with Crippen molar-refractivity contribution >= 4 is 34.1 Å². The fraction of sp³-hybridized carbons (Fsp3) is 0.476. The molecule has 0 aliphatic heterocycles. The Morgan fingerprint density at radius 3 is 2.70 bits per heavy atom. The van der Waals surface area contributed by atoms with Crippen LogP contribution < -0.4 is 21.9 Å². The highest BCUT2D eigenvalue weighted by atomic mass is 35.5. The van der Waals surface area contributed by atoms with Crippen LogP contribution in [0.2, 0.25) is 5.02 Å². The molecule has 0 amide bonds. The predicted octanol–water partition coefficient (Wildman–Crippen LogP) is 3.12. The zero-order valence-electron chi connectivity index (χ0n) is 17.9. The van der Waals surface area contributed by atoms with Gasteiger partial charge in [0.25, 0.3) is 5.56 Å². The number of hydrogen-bond acceptors (Lipinski definition) is 5. The summed E-state index contributed by atoms with van der Waals surface area (Å²) in [6.07, 6.45) is 1.83. The van der Waals surface area contributed by atoms with Gasteiger partial charge in [0, 0.05) is 25.2 Å². The molecule has 9 heteroatoms. The van der Waals surface area contributed by atoms with Crippen LogP contribution >= 0.6 is 11.6 Å². The summed E-state index contributed by atoms with van der Waals surface area (Å²) in [7, 11) is 1.93. The molecule has 0 atom stereocenters. The Morgan fingerprint density at radius 2 is 2.03 bits per heavy atom. The third-order valence-electron chi connectivity index (χ3n) is 5.13. The number of H-pyrrole nitrogens is 1. The van der Waals surface area contributed by atoms with Gasteiger partial charge in [0.1, 0.15) is 17.3 Å². The summed E-state index contributed by atoms with van der Waals surface area (Å²) in [5, 5.41) is 0.622. The van der Waals surface area contributed by atoms with E-state index < -0.39 is 11.2 Å². The molecule has 3 N–H and O–H groups in total. The fourth-order valence-corrected chi connectivity index (χ4v) is 3.75. The first-order valence-corrected chi connectivity index (χ1v) is 10.6. The van der Waals surface area contributed by atoms with Crippen molar-refractivity contribution in [2.75, 3.05) is 17.2 Å². The van der Waals surface area contributed by atoms with E-state index in [-0.39, 0.29) is 11.7 Å². The van der Waals surface area contributed by atoms with E-state index in [1.807, 2.05) is 48.6 Å². The lowest BCUT2D eigenvalue weighted by Crippen LogP contribution is -2.39. The highest BCUT2D eigenvalue weighted by Gasteiger charge is 2.21. The molecule has 2 heterocycles. The molecule has 0 fully saturated rings. The molecule has 0 bridgehead atoms. The Hall–Kier alpha value is -2.74. The summed E-state index contributed by atoms with van der Waals surface area (Å²) in [5.74, 6) is 1.18. The molecule has 3 aromatic rings. The first kappa shape index (κ1) is 22.0. The van der Waals surface area contributed by atoms with Crippen LogP contribution in [0.4, 0.5) is 11.5 Å². The van der Waals surface area contributed by atoms with Crippen molar-refractivity contribution in [2.45, 2.75) is 46.7 Å². The van der Waals surface area contributed by atoms with E-state index in [2.05, 4.69) is 11.9 Å². The van der Waals surface area contributed by atoms with Gasteiger partial charge in [0.15, 0.2) is 0 Å². The van der Waals surface area contributed by atoms with Crippen LogP contribution in [0, 0.1) is 5.92 Å². The van der Waals surface area contributed by atoms with Gasteiger partial charge in [-0.1, -0.05) is 38.8 Å². The number of aromatic nitrogens is 4. The average Bonchev–Trinajstić information content (AvgIpc) is 2.97. The lowest BCUT2D eigenvalue weighted by atomic mass is 10.2. The number of nitrogens with two attached hydrogens (primary N) is 1. The molecule has 3 rings (SSSR count). The molecule has 0 spiro atoms. The number of halogens is 1. The van der Waals surface area contributed by atoms with Crippen molar-refractivity contribution in [1.82, 2.24) is 19.1 Å². The van der Waals surface area contributed by atoms with Crippen LogP contribution in [0.5, 0.6) is 0 Å². The summed E-state index contributed by atoms with van der Waals surface area (Å²) in [5.41, 5.74) is 7.45. The highest BCUT2D eigenvalue weighted by Crippen LogP contribution is 2.24. The SMILES string of the molecule is CCCCN(Cc1nc2cc(Cl)ccc2n1C)c1c(N)n(CC(C)C)c(=O)[nH]c1=O. The largest absolute Gasteiger partial charge is 0.383 e. The normalized spacial score (nSPS) is 11.5. The van der Waals surface area contributed by atoms with Crippen molar-refractivity contribution < 1.29 is 0 Å². The van der Waals surface area contributed by atoms with Crippen LogP contribution in [0.3, 0.4) is 0 Å². The minimum Gasteiger partial charge on any atom is -0.383 e. The van der Waals surface area contributed by atoms with Gasteiger partial charge in [-0.2, -0.15) is 0 Å². The molecule has 0 unspecified atom stereocenters. The number of rotatable bonds is 8.